The highest BCUT2D eigenvalue weighted by Gasteiger charge is 2.22. The minimum Gasteiger partial charge on any atom is -0.465 e. The number of carbonyl (C=O) groups excluding carboxylic acids is 1. The van der Waals surface area contributed by atoms with Gasteiger partial charge >= 0.3 is 12.1 Å². The molecular weight excluding hydrogens is 246 g/mol. The maximum absolute atomic E-state index is 11.4. The molecule has 1 rings (SSSR count). The van der Waals surface area contributed by atoms with Crippen LogP contribution in [0, 0.1) is 0 Å². The molecule has 6 nitrogen and oxygen atoms in total. The molecule has 7 heteroatoms. The number of rotatable bonds is 4. The van der Waals surface area contributed by atoms with Crippen molar-refractivity contribution in [2.24, 2.45) is 0 Å². The third-order valence-corrected chi connectivity index (χ3v) is 2.96. The number of likely N-dealkylation sites (tertiary alicyclic amines) is 1. The molecule has 0 aliphatic carbocycles. The molecule has 3 N–H and O–H groups in total. The summed E-state index contributed by atoms with van der Waals surface area (Å²) in [6, 6.07) is -0.148. The van der Waals surface area contributed by atoms with E-state index in [2.05, 4.69) is 10.6 Å². The van der Waals surface area contributed by atoms with Crippen LogP contribution in [0.2, 0.25) is 0 Å². The number of amides is 3. The summed E-state index contributed by atoms with van der Waals surface area (Å²) < 4.78 is 0. The van der Waals surface area contributed by atoms with Gasteiger partial charge in [0.2, 0.25) is 0 Å². The summed E-state index contributed by atoms with van der Waals surface area (Å²) in [5.41, 5.74) is 0. The summed E-state index contributed by atoms with van der Waals surface area (Å²) in [5, 5.41) is 14.3. The van der Waals surface area contributed by atoms with E-state index in [4.69, 9.17) is 16.7 Å². The van der Waals surface area contributed by atoms with Crippen LogP contribution in [-0.2, 0) is 0 Å². The van der Waals surface area contributed by atoms with Gasteiger partial charge in [0.25, 0.3) is 0 Å². The van der Waals surface area contributed by atoms with Gasteiger partial charge in [0, 0.05) is 31.6 Å². The van der Waals surface area contributed by atoms with E-state index in [1.165, 1.54) is 4.90 Å². The van der Waals surface area contributed by atoms with Gasteiger partial charge in [-0.15, -0.1) is 11.6 Å². The molecule has 1 aliphatic rings. The molecule has 0 aromatic heterocycles. The number of urea groups is 1. The van der Waals surface area contributed by atoms with E-state index in [0.29, 0.717) is 38.4 Å². The molecule has 1 saturated heterocycles. The lowest BCUT2D eigenvalue weighted by Crippen LogP contribution is -2.49. The van der Waals surface area contributed by atoms with Crippen LogP contribution in [0.4, 0.5) is 9.59 Å². The Kier molecular flexibility index (Phi) is 5.90. The number of piperidine rings is 1. The van der Waals surface area contributed by atoms with Crippen molar-refractivity contribution < 1.29 is 14.7 Å². The molecule has 1 heterocycles. The summed E-state index contributed by atoms with van der Waals surface area (Å²) in [6.07, 6.45) is 1.17. The average Bonchev–Trinajstić information content (AvgIpc) is 2.30. The van der Waals surface area contributed by atoms with Crippen molar-refractivity contribution in [2.45, 2.75) is 25.3 Å². The standard InChI is InChI=1S/C10H18ClN3O3/c11-4-1-5-12-9(15)13-8-2-6-14(7-3-8)10(16)17/h8H,1-7H2,(H,16,17)(H2,12,13,15). The predicted molar refractivity (Wildman–Crippen MR) is 64.5 cm³/mol. The second-order valence-electron chi connectivity index (χ2n) is 3.99. The minimum absolute atomic E-state index is 0.0570. The molecular formula is C10H18ClN3O3. The Bertz CT molecular complexity index is 268. The molecule has 0 aromatic carbocycles. The lowest BCUT2D eigenvalue weighted by Gasteiger charge is -2.30. The lowest BCUT2D eigenvalue weighted by atomic mass is 10.1. The van der Waals surface area contributed by atoms with Crippen molar-refractivity contribution in [3.8, 4) is 0 Å². The molecule has 17 heavy (non-hydrogen) atoms. The zero-order valence-corrected chi connectivity index (χ0v) is 10.4. The summed E-state index contributed by atoms with van der Waals surface area (Å²) >= 11 is 5.49. The Morgan fingerprint density at radius 1 is 1.35 bits per heavy atom. The van der Waals surface area contributed by atoms with Crippen LogP contribution in [0.5, 0.6) is 0 Å². The van der Waals surface area contributed by atoms with Gasteiger partial charge in [0.15, 0.2) is 0 Å². The molecule has 0 radical (unpaired) electrons. The quantitative estimate of drug-likeness (QED) is 0.524. The van der Waals surface area contributed by atoms with Gasteiger partial charge < -0.3 is 20.6 Å². The average molecular weight is 264 g/mol. The summed E-state index contributed by atoms with van der Waals surface area (Å²) in [5.74, 6) is 0.525. The number of halogens is 1. The number of hydrogen-bond acceptors (Lipinski definition) is 2. The number of nitrogens with zero attached hydrogens (tertiary/aromatic N) is 1. The van der Waals surface area contributed by atoms with Crippen molar-refractivity contribution in [3.05, 3.63) is 0 Å². The van der Waals surface area contributed by atoms with Gasteiger partial charge in [-0.1, -0.05) is 0 Å². The number of alkyl halides is 1. The first-order chi connectivity index (χ1) is 8.13. The van der Waals surface area contributed by atoms with E-state index >= 15 is 0 Å². The number of hydrogen-bond donors (Lipinski definition) is 3. The zero-order valence-electron chi connectivity index (χ0n) is 9.62. The second-order valence-corrected chi connectivity index (χ2v) is 4.36. The summed E-state index contributed by atoms with van der Waals surface area (Å²) in [6.45, 7) is 1.51. The third kappa shape index (κ3) is 5.12. The van der Waals surface area contributed by atoms with Crippen LogP contribution in [0.15, 0.2) is 0 Å². The van der Waals surface area contributed by atoms with Gasteiger partial charge in [-0.3, -0.25) is 0 Å². The zero-order chi connectivity index (χ0) is 12.7. The molecule has 0 unspecified atom stereocenters. The molecule has 0 atom stereocenters. The monoisotopic (exact) mass is 263 g/mol. The highest BCUT2D eigenvalue weighted by Crippen LogP contribution is 2.09. The van der Waals surface area contributed by atoms with Gasteiger partial charge in [0.05, 0.1) is 0 Å². The Hall–Kier alpha value is -1.17. The highest BCUT2D eigenvalue weighted by atomic mass is 35.5. The van der Waals surface area contributed by atoms with E-state index in [9.17, 15) is 9.59 Å². The van der Waals surface area contributed by atoms with E-state index < -0.39 is 6.09 Å². The van der Waals surface area contributed by atoms with Crippen molar-refractivity contribution >= 4 is 23.7 Å². The maximum atomic E-state index is 11.4. The van der Waals surface area contributed by atoms with Crippen LogP contribution in [0.25, 0.3) is 0 Å². The van der Waals surface area contributed by atoms with Crippen LogP contribution in [-0.4, -0.2) is 53.7 Å². The number of nitrogens with one attached hydrogen (secondary N) is 2. The van der Waals surface area contributed by atoms with E-state index in [0.717, 1.165) is 6.42 Å². The molecule has 3 amide bonds. The summed E-state index contributed by atoms with van der Waals surface area (Å²) in [4.78, 5) is 23.4. The van der Waals surface area contributed by atoms with Gasteiger partial charge in [-0.2, -0.15) is 0 Å². The fourth-order valence-electron chi connectivity index (χ4n) is 1.72. The first kappa shape index (κ1) is 13.9. The van der Waals surface area contributed by atoms with Gasteiger partial charge in [0.1, 0.15) is 0 Å². The number of carboxylic acid groups (broad SMARTS) is 1. The molecule has 0 spiro atoms. The Morgan fingerprint density at radius 2 is 2.00 bits per heavy atom. The molecule has 1 fully saturated rings. The molecule has 1 aliphatic heterocycles. The van der Waals surface area contributed by atoms with Gasteiger partial charge in [-0.25, -0.2) is 9.59 Å². The maximum Gasteiger partial charge on any atom is 0.407 e. The highest BCUT2D eigenvalue weighted by molar-refractivity contribution is 6.17. The lowest BCUT2D eigenvalue weighted by molar-refractivity contribution is 0.129. The predicted octanol–water partition coefficient (Wildman–Crippen LogP) is 1.06. The van der Waals surface area contributed by atoms with Crippen LogP contribution in [0.3, 0.4) is 0 Å². The summed E-state index contributed by atoms with van der Waals surface area (Å²) in [7, 11) is 0. The fourth-order valence-corrected chi connectivity index (χ4v) is 1.85. The SMILES string of the molecule is O=C(NCCCCl)NC1CCN(C(=O)O)CC1. The van der Waals surface area contributed by atoms with Crippen LogP contribution >= 0.6 is 11.6 Å². The first-order valence-corrected chi connectivity index (χ1v) is 6.25. The van der Waals surface area contributed by atoms with Crippen LogP contribution in [0.1, 0.15) is 19.3 Å². The minimum atomic E-state index is -0.894. The smallest absolute Gasteiger partial charge is 0.407 e. The first-order valence-electron chi connectivity index (χ1n) is 5.71. The Morgan fingerprint density at radius 3 is 2.53 bits per heavy atom. The largest absolute Gasteiger partial charge is 0.465 e. The Balaban J connectivity index is 2.17. The molecule has 0 saturated carbocycles. The van der Waals surface area contributed by atoms with Crippen molar-refractivity contribution in [3.63, 3.8) is 0 Å². The van der Waals surface area contributed by atoms with Crippen molar-refractivity contribution in [1.82, 2.24) is 15.5 Å². The van der Waals surface area contributed by atoms with E-state index in [1.54, 1.807) is 0 Å². The van der Waals surface area contributed by atoms with Gasteiger partial charge in [-0.05, 0) is 19.3 Å². The third-order valence-electron chi connectivity index (χ3n) is 2.70. The molecule has 98 valence electrons. The molecule has 0 bridgehead atoms. The Labute approximate surface area is 105 Å². The second kappa shape index (κ2) is 7.21. The fraction of sp³-hybridized carbons (Fsp3) is 0.800. The van der Waals surface area contributed by atoms with E-state index in [-0.39, 0.29) is 12.1 Å². The molecule has 0 aromatic rings. The normalized spacial score (nSPS) is 16.6. The van der Waals surface area contributed by atoms with Crippen LogP contribution < -0.4 is 10.6 Å². The van der Waals surface area contributed by atoms with Crippen molar-refractivity contribution in [1.29, 1.82) is 0 Å². The topological polar surface area (TPSA) is 81.7 Å². The van der Waals surface area contributed by atoms with Crippen molar-refractivity contribution in [2.75, 3.05) is 25.5 Å². The number of carbonyl (C=O) groups is 2. The van der Waals surface area contributed by atoms with E-state index in [1.807, 2.05) is 0 Å².